The van der Waals surface area contributed by atoms with E-state index >= 15 is 0 Å². The van der Waals surface area contributed by atoms with Crippen LogP contribution in [0.1, 0.15) is 24.8 Å². The van der Waals surface area contributed by atoms with Crippen LogP contribution in [0.4, 0.5) is 0 Å². The minimum atomic E-state index is 0.671. The molecule has 3 heteroatoms. The second kappa shape index (κ2) is 6.04. The fourth-order valence-corrected chi connectivity index (χ4v) is 3.22. The van der Waals surface area contributed by atoms with Gasteiger partial charge in [0.2, 0.25) is 0 Å². The lowest BCUT2D eigenvalue weighted by Gasteiger charge is -2.34. The van der Waals surface area contributed by atoms with Gasteiger partial charge in [0.1, 0.15) is 0 Å². The molecule has 1 aromatic rings. The maximum Gasteiger partial charge on any atom is 0.0451 e. The van der Waals surface area contributed by atoms with E-state index in [0.717, 1.165) is 16.9 Å². The molecule has 0 bridgehead atoms. The van der Waals surface area contributed by atoms with Crippen LogP contribution in [0.25, 0.3) is 0 Å². The molecule has 1 nitrogen and oxygen atoms in total. The fraction of sp³-hybridized carbons (Fsp3) is 0.538. The molecule has 1 saturated heterocycles. The molecule has 2 rings (SSSR count). The highest BCUT2D eigenvalue weighted by molar-refractivity contribution is 9.09. The van der Waals surface area contributed by atoms with Gasteiger partial charge in [-0.1, -0.05) is 52.2 Å². The van der Waals surface area contributed by atoms with E-state index < -0.39 is 0 Å². The summed E-state index contributed by atoms with van der Waals surface area (Å²) in [6.45, 7) is 2.18. The van der Waals surface area contributed by atoms with Crippen LogP contribution in [0, 0.1) is 0 Å². The predicted octanol–water partition coefficient (Wildman–Crippen LogP) is 4.09. The van der Waals surface area contributed by atoms with Crippen LogP contribution in [0.5, 0.6) is 0 Å². The average molecular weight is 303 g/mol. The molecule has 1 aliphatic heterocycles. The average Bonchev–Trinajstić information content (AvgIpc) is 2.33. The zero-order chi connectivity index (χ0) is 11.4. The Balaban J connectivity index is 2.05. The van der Waals surface area contributed by atoms with Crippen molar-refractivity contribution >= 4 is 27.5 Å². The van der Waals surface area contributed by atoms with Gasteiger partial charge in [-0.3, -0.25) is 4.90 Å². The third-order valence-corrected chi connectivity index (χ3v) is 4.37. The SMILES string of the molecule is Clc1ccccc1CN1CCCCC1CBr. The molecule has 0 aliphatic carbocycles. The van der Waals surface area contributed by atoms with E-state index in [4.69, 9.17) is 11.6 Å². The Morgan fingerprint density at radius 3 is 2.88 bits per heavy atom. The number of rotatable bonds is 3. The predicted molar refractivity (Wildman–Crippen MR) is 73.3 cm³/mol. The number of benzene rings is 1. The molecular formula is C13H17BrClN. The zero-order valence-corrected chi connectivity index (χ0v) is 11.7. The summed E-state index contributed by atoms with van der Waals surface area (Å²) in [6, 6.07) is 8.83. The van der Waals surface area contributed by atoms with Crippen LogP contribution in [0.3, 0.4) is 0 Å². The Morgan fingerprint density at radius 1 is 1.31 bits per heavy atom. The zero-order valence-electron chi connectivity index (χ0n) is 9.33. The van der Waals surface area contributed by atoms with Crippen molar-refractivity contribution < 1.29 is 0 Å². The van der Waals surface area contributed by atoms with Crippen molar-refractivity contribution in [1.82, 2.24) is 4.90 Å². The Labute approximate surface area is 111 Å². The molecule has 0 saturated carbocycles. The van der Waals surface area contributed by atoms with Gasteiger partial charge >= 0.3 is 0 Å². The van der Waals surface area contributed by atoms with Crippen LogP contribution < -0.4 is 0 Å². The van der Waals surface area contributed by atoms with E-state index in [9.17, 15) is 0 Å². The van der Waals surface area contributed by atoms with Crippen molar-refractivity contribution in [2.24, 2.45) is 0 Å². The lowest BCUT2D eigenvalue weighted by Crippen LogP contribution is -2.39. The van der Waals surface area contributed by atoms with Gasteiger partial charge in [0.05, 0.1) is 0 Å². The van der Waals surface area contributed by atoms with Gasteiger partial charge in [0, 0.05) is 22.9 Å². The van der Waals surface area contributed by atoms with Crippen molar-refractivity contribution in [2.45, 2.75) is 31.8 Å². The number of likely N-dealkylation sites (tertiary alicyclic amines) is 1. The standard InChI is InChI=1S/C13H17BrClN/c14-9-12-6-3-4-8-16(12)10-11-5-1-2-7-13(11)15/h1-2,5,7,12H,3-4,6,8-10H2. The van der Waals surface area contributed by atoms with Crippen molar-refractivity contribution in [3.8, 4) is 0 Å². The number of hydrogen-bond donors (Lipinski definition) is 0. The minimum Gasteiger partial charge on any atom is -0.295 e. The summed E-state index contributed by atoms with van der Waals surface area (Å²) < 4.78 is 0. The molecule has 1 aliphatic rings. The first-order valence-electron chi connectivity index (χ1n) is 5.84. The smallest absolute Gasteiger partial charge is 0.0451 e. The molecule has 0 amide bonds. The number of piperidine rings is 1. The van der Waals surface area contributed by atoms with Crippen LogP contribution in [0.15, 0.2) is 24.3 Å². The Hall–Kier alpha value is -0.0500. The molecule has 88 valence electrons. The summed E-state index contributed by atoms with van der Waals surface area (Å²) in [4.78, 5) is 2.54. The van der Waals surface area contributed by atoms with E-state index in [2.05, 4.69) is 33.0 Å². The van der Waals surface area contributed by atoms with Gasteiger partial charge < -0.3 is 0 Å². The van der Waals surface area contributed by atoms with Crippen LogP contribution in [-0.2, 0) is 6.54 Å². The molecule has 0 N–H and O–H groups in total. The second-order valence-electron chi connectivity index (χ2n) is 4.37. The number of alkyl halides is 1. The first-order chi connectivity index (χ1) is 7.81. The molecule has 0 aromatic heterocycles. The Bertz CT molecular complexity index is 342. The summed E-state index contributed by atoms with van der Waals surface area (Å²) in [5, 5.41) is 1.96. The second-order valence-corrected chi connectivity index (χ2v) is 5.42. The van der Waals surface area contributed by atoms with Gasteiger partial charge in [-0.25, -0.2) is 0 Å². The summed E-state index contributed by atoms with van der Waals surface area (Å²) in [5.41, 5.74) is 1.25. The molecule has 0 spiro atoms. The van der Waals surface area contributed by atoms with Gasteiger partial charge in [0.25, 0.3) is 0 Å². The highest BCUT2D eigenvalue weighted by atomic mass is 79.9. The summed E-state index contributed by atoms with van der Waals surface area (Å²) >= 11 is 9.80. The molecule has 1 atom stereocenters. The van der Waals surface area contributed by atoms with Gasteiger partial charge in [-0.15, -0.1) is 0 Å². The van der Waals surface area contributed by atoms with Crippen LogP contribution in [0.2, 0.25) is 5.02 Å². The summed E-state index contributed by atoms with van der Waals surface area (Å²) in [5.74, 6) is 0. The van der Waals surface area contributed by atoms with Crippen molar-refractivity contribution in [1.29, 1.82) is 0 Å². The van der Waals surface area contributed by atoms with Gasteiger partial charge in [0.15, 0.2) is 0 Å². The topological polar surface area (TPSA) is 3.24 Å². The molecule has 1 fully saturated rings. The third kappa shape index (κ3) is 2.99. The highest BCUT2D eigenvalue weighted by Gasteiger charge is 2.21. The first-order valence-corrected chi connectivity index (χ1v) is 7.34. The van der Waals surface area contributed by atoms with Crippen molar-refractivity contribution in [3.05, 3.63) is 34.9 Å². The number of hydrogen-bond acceptors (Lipinski definition) is 1. The van der Waals surface area contributed by atoms with E-state index in [1.807, 2.05) is 12.1 Å². The fourth-order valence-electron chi connectivity index (χ4n) is 2.29. The van der Waals surface area contributed by atoms with E-state index in [-0.39, 0.29) is 0 Å². The minimum absolute atomic E-state index is 0.671. The molecule has 1 aromatic carbocycles. The largest absolute Gasteiger partial charge is 0.295 e. The lowest BCUT2D eigenvalue weighted by atomic mass is 10.0. The van der Waals surface area contributed by atoms with Gasteiger partial charge in [-0.2, -0.15) is 0 Å². The summed E-state index contributed by atoms with van der Waals surface area (Å²) in [6.07, 6.45) is 3.97. The van der Waals surface area contributed by atoms with Crippen molar-refractivity contribution in [2.75, 3.05) is 11.9 Å². The van der Waals surface area contributed by atoms with Gasteiger partial charge in [-0.05, 0) is 31.0 Å². The highest BCUT2D eigenvalue weighted by Crippen LogP contribution is 2.23. The molecular weight excluding hydrogens is 286 g/mol. The molecule has 1 heterocycles. The van der Waals surface area contributed by atoms with Crippen LogP contribution in [-0.4, -0.2) is 22.8 Å². The quantitative estimate of drug-likeness (QED) is 0.760. The Kier molecular flexibility index (Phi) is 4.68. The number of nitrogens with zero attached hydrogens (tertiary/aromatic N) is 1. The van der Waals surface area contributed by atoms with Crippen molar-refractivity contribution in [3.63, 3.8) is 0 Å². The van der Waals surface area contributed by atoms with E-state index in [0.29, 0.717) is 6.04 Å². The normalized spacial score (nSPS) is 22.2. The van der Waals surface area contributed by atoms with E-state index in [1.54, 1.807) is 0 Å². The molecule has 0 radical (unpaired) electrons. The maximum absolute atomic E-state index is 6.20. The van der Waals surface area contributed by atoms with Crippen LogP contribution >= 0.6 is 27.5 Å². The lowest BCUT2D eigenvalue weighted by molar-refractivity contribution is 0.157. The molecule has 16 heavy (non-hydrogen) atoms. The monoisotopic (exact) mass is 301 g/mol. The van der Waals surface area contributed by atoms with E-state index in [1.165, 1.54) is 31.4 Å². The molecule has 1 unspecified atom stereocenters. The third-order valence-electron chi connectivity index (χ3n) is 3.26. The number of halogens is 2. The Morgan fingerprint density at radius 2 is 2.12 bits per heavy atom. The summed E-state index contributed by atoms with van der Waals surface area (Å²) in [7, 11) is 0. The first kappa shape index (κ1) is 12.4. The maximum atomic E-state index is 6.20.